The van der Waals surface area contributed by atoms with E-state index in [-0.39, 0.29) is 35.4 Å². The molecular formula is C22H35N3O5. The molecule has 0 aliphatic carbocycles. The van der Waals surface area contributed by atoms with Crippen LogP contribution in [0.3, 0.4) is 0 Å². The van der Waals surface area contributed by atoms with Crippen molar-refractivity contribution in [1.29, 1.82) is 0 Å². The van der Waals surface area contributed by atoms with E-state index in [9.17, 15) is 9.59 Å². The van der Waals surface area contributed by atoms with Crippen LogP contribution >= 0.6 is 0 Å². The molecule has 30 heavy (non-hydrogen) atoms. The minimum absolute atomic E-state index is 0.00976. The number of rotatable bonds is 6. The molecule has 0 bridgehead atoms. The van der Waals surface area contributed by atoms with Gasteiger partial charge in [0.2, 0.25) is 11.7 Å². The van der Waals surface area contributed by atoms with Crippen LogP contribution < -0.4 is 24.8 Å². The van der Waals surface area contributed by atoms with Crippen LogP contribution in [0.5, 0.6) is 17.2 Å². The molecule has 0 radical (unpaired) electrons. The first-order valence-electron chi connectivity index (χ1n) is 10.2. The van der Waals surface area contributed by atoms with Gasteiger partial charge in [-0.1, -0.05) is 0 Å². The third kappa shape index (κ3) is 5.49. The summed E-state index contributed by atoms with van der Waals surface area (Å²) in [6.07, 6.45) is 0. The zero-order chi connectivity index (χ0) is 22.6. The zero-order valence-corrected chi connectivity index (χ0v) is 19.3. The molecule has 1 aliphatic heterocycles. The number of amides is 3. The fourth-order valence-corrected chi connectivity index (χ4v) is 3.68. The largest absolute Gasteiger partial charge is 0.493 e. The summed E-state index contributed by atoms with van der Waals surface area (Å²) in [5.74, 6) is 0.867. The summed E-state index contributed by atoms with van der Waals surface area (Å²) in [4.78, 5) is 27.5. The number of ether oxygens (including phenoxy) is 3. The molecule has 1 aromatic rings. The van der Waals surface area contributed by atoms with Crippen LogP contribution in [0.15, 0.2) is 12.1 Å². The standard InChI is InChI=1S/C22H35N3O5/c1-13(2)23-20(26)16-12-25(21(27)24-22(3,4)5)11-15(16)14-9-17(28-6)19(30-8)18(10-14)29-7/h9-10,13,15-16H,11-12H2,1-8H3,(H,23,26)(H,24,27)/t15-,16-/m1/s1. The van der Waals surface area contributed by atoms with Crippen molar-refractivity contribution in [2.45, 2.75) is 52.1 Å². The highest BCUT2D eigenvalue weighted by Gasteiger charge is 2.41. The van der Waals surface area contributed by atoms with Gasteiger partial charge in [-0.05, 0) is 52.3 Å². The molecule has 168 valence electrons. The van der Waals surface area contributed by atoms with E-state index >= 15 is 0 Å². The van der Waals surface area contributed by atoms with Crippen molar-refractivity contribution in [3.63, 3.8) is 0 Å². The van der Waals surface area contributed by atoms with Crippen LogP contribution in [-0.2, 0) is 4.79 Å². The van der Waals surface area contributed by atoms with Gasteiger partial charge >= 0.3 is 6.03 Å². The van der Waals surface area contributed by atoms with Gasteiger partial charge in [0.25, 0.3) is 0 Å². The Morgan fingerprint density at radius 3 is 2.03 bits per heavy atom. The molecule has 1 saturated heterocycles. The monoisotopic (exact) mass is 421 g/mol. The first-order valence-corrected chi connectivity index (χ1v) is 10.2. The van der Waals surface area contributed by atoms with Crippen molar-refractivity contribution >= 4 is 11.9 Å². The van der Waals surface area contributed by atoms with Crippen LogP contribution in [0.2, 0.25) is 0 Å². The maximum absolute atomic E-state index is 13.0. The second-order valence-electron chi connectivity index (χ2n) is 8.92. The lowest BCUT2D eigenvalue weighted by Crippen LogP contribution is -2.48. The van der Waals surface area contributed by atoms with Crippen LogP contribution in [0.1, 0.15) is 46.1 Å². The highest BCUT2D eigenvalue weighted by atomic mass is 16.5. The Kier molecular flexibility index (Phi) is 7.44. The number of urea groups is 1. The van der Waals surface area contributed by atoms with Crippen molar-refractivity contribution < 1.29 is 23.8 Å². The Balaban J connectivity index is 2.43. The smallest absolute Gasteiger partial charge is 0.317 e. The number of nitrogens with one attached hydrogen (secondary N) is 2. The lowest BCUT2D eigenvalue weighted by Gasteiger charge is -2.25. The van der Waals surface area contributed by atoms with Gasteiger partial charge < -0.3 is 29.7 Å². The average molecular weight is 422 g/mol. The third-order valence-corrected chi connectivity index (χ3v) is 4.97. The SMILES string of the molecule is COc1cc([C@H]2CN(C(=O)NC(C)(C)C)C[C@H]2C(=O)NC(C)C)cc(OC)c1OC. The number of hydrogen-bond donors (Lipinski definition) is 2. The van der Waals surface area contributed by atoms with Crippen molar-refractivity contribution in [1.82, 2.24) is 15.5 Å². The van der Waals surface area contributed by atoms with E-state index in [4.69, 9.17) is 14.2 Å². The molecule has 8 heteroatoms. The van der Waals surface area contributed by atoms with Gasteiger partial charge in [0.05, 0.1) is 27.2 Å². The molecule has 0 saturated carbocycles. The Morgan fingerprint density at radius 2 is 1.60 bits per heavy atom. The molecule has 2 N–H and O–H groups in total. The topological polar surface area (TPSA) is 89.1 Å². The van der Waals surface area contributed by atoms with Crippen molar-refractivity contribution in [3.05, 3.63) is 17.7 Å². The van der Waals surface area contributed by atoms with Gasteiger partial charge in [0, 0.05) is 30.6 Å². The summed E-state index contributed by atoms with van der Waals surface area (Å²) in [6.45, 7) is 10.4. The van der Waals surface area contributed by atoms with E-state index in [2.05, 4.69) is 10.6 Å². The normalized spacial score (nSPS) is 18.9. The maximum Gasteiger partial charge on any atom is 0.317 e. The van der Waals surface area contributed by atoms with E-state index < -0.39 is 0 Å². The van der Waals surface area contributed by atoms with Gasteiger partial charge in [0.15, 0.2) is 11.5 Å². The molecular weight excluding hydrogens is 386 g/mol. The Bertz CT molecular complexity index is 748. The fourth-order valence-electron chi connectivity index (χ4n) is 3.68. The van der Waals surface area contributed by atoms with Gasteiger partial charge in [-0.25, -0.2) is 4.79 Å². The summed E-state index contributed by atoms with van der Waals surface area (Å²) in [5.41, 5.74) is 0.497. The number of carbonyl (C=O) groups is 2. The van der Waals surface area contributed by atoms with Gasteiger partial charge in [-0.3, -0.25) is 4.79 Å². The van der Waals surface area contributed by atoms with Crippen molar-refractivity contribution in [2.75, 3.05) is 34.4 Å². The maximum atomic E-state index is 13.0. The first-order chi connectivity index (χ1) is 14.0. The molecule has 1 fully saturated rings. The molecule has 2 rings (SSSR count). The number of methoxy groups -OCH3 is 3. The minimum atomic E-state index is -0.388. The zero-order valence-electron chi connectivity index (χ0n) is 19.3. The van der Waals surface area contributed by atoms with Crippen LogP contribution in [0, 0.1) is 5.92 Å². The molecule has 8 nitrogen and oxygen atoms in total. The summed E-state index contributed by atoms with van der Waals surface area (Å²) in [7, 11) is 4.66. The van der Waals surface area contributed by atoms with Crippen molar-refractivity contribution in [3.8, 4) is 17.2 Å². The van der Waals surface area contributed by atoms with Gasteiger partial charge in [-0.2, -0.15) is 0 Å². The van der Waals surface area contributed by atoms with E-state index in [1.165, 1.54) is 0 Å². The highest BCUT2D eigenvalue weighted by Crippen LogP contribution is 2.43. The first kappa shape index (κ1) is 23.6. The average Bonchev–Trinajstić information content (AvgIpc) is 3.10. The molecule has 2 atom stereocenters. The molecule has 0 unspecified atom stereocenters. The summed E-state index contributed by atoms with van der Waals surface area (Å²) in [6, 6.07) is 3.54. The number of benzene rings is 1. The quantitative estimate of drug-likeness (QED) is 0.737. The molecule has 1 aliphatic rings. The highest BCUT2D eigenvalue weighted by molar-refractivity contribution is 5.83. The van der Waals surface area contributed by atoms with Gasteiger partial charge in [0.1, 0.15) is 0 Å². The lowest BCUT2D eigenvalue weighted by molar-refractivity contribution is -0.125. The number of nitrogens with zero attached hydrogens (tertiary/aromatic N) is 1. The van der Waals surface area contributed by atoms with E-state index in [0.717, 1.165) is 5.56 Å². The predicted molar refractivity (Wildman–Crippen MR) is 115 cm³/mol. The second kappa shape index (κ2) is 9.45. The summed E-state index contributed by atoms with van der Waals surface area (Å²) in [5, 5.41) is 5.97. The molecule has 0 aromatic heterocycles. The number of carbonyl (C=O) groups excluding carboxylic acids is 2. The Labute approximate surface area is 179 Å². The van der Waals surface area contributed by atoms with E-state index in [1.807, 2.05) is 46.8 Å². The van der Waals surface area contributed by atoms with Crippen LogP contribution in [0.4, 0.5) is 4.79 Å². The predicted octanol–water partition coefficient (Wildman–Crippen LogP) is 2.76. The minimum Gasteiger partial charge on any atom is -0.493 e. The molecule has 0 spiro atoms. The van der Waals surface area contributed by atoms with Crippen LogP contribution in [0.25, 0.3) is 0 Å². The third-order valence-electron chi connectivity index (χ3n) is 4.97. The van der Waals surface area contributed by atoms with Crippen molar-refractivity contribution in [2.24, 2.45) is 5.92 Å². The van der Waals surface area contributed by atoms with Gasteiger partial charge in [-0.15, -0.1) is 0 Å². The van der Waals surface area contributed by atoms with Crippen LogP contribution in [-0.4, -0.2) is 62.8 Å². The lowest BCUT2D eigenvalue weighted by atomic mass is 9.87. The fraction of sp³-hybridized carbons (Fsp3) is 0.636. The molecule has 1 heterocycles. The molecule has 1 aromatic carbocycles. The van der Waals surface area contributed by atoms with E-state index in [0.29, 0.717) is 30.3 Å². The Hall–Kier alpha value is -2.64. The Morgan fingerprint density at radius 1 is 1.03 bits per heavy atom. The summed E-state index contributed by atoms with van der Waals surface area (Å²) < 4.78 is 16.4. The summed E-state index contributed by atoms with van der Waals surface area (Å²) >= 11 is 0. The molecule has 3 amide bonds. The number of likely N-dealkylation sites (tertiary alicyclic amines) is 1. The second-order valence-corrected chi connectivity index (χ2v) is 8.92. The van der Waals surface area contributed by atoms with E-state index in [1.54, 1.807) is 26.2 Å². The number of hydrogen-bond acceptors (Lipinski definition) is 5.